The second kappa shape index (κ2) is 5.86. The molecule has 1 N–H and O–H groups in total. The molecule has 0 spiro atoms. The molecule has 0 bridgehead atoms. The van der Waals surface area contributed by atoms with E-state index in [1.54, 1.807) is 0 Å². The van der Waals surface area contributed by atoms with Crippen LogP contribution in [0.4, 0.5) is 10.1 Å². The lowest BCUT2D eigenvalue weighted by molar-refractivity contribution is 0.102. The van der Waals surface area contributed by atoms with Crippen LogP contribution in [0.5, 0.6) is 0 Å². The summed E-state index contributed by atoms with van der Waals surface area (Å²) >= 11 is 15.0. The minimum Gasteiger partial charge on any atom is -0.319 e. The highest BCUT2D eigenvalue weighted by atomic mass is 79.9. The van der Waals surface area contributed by atoms with Gasteiger partial charge in [-0.05, 0) is 34.1 Å². The molecule has 7 heteroatoms. The van der Waals surface area contributed by atoms with Crippen molar-refractivity contribution in [3.63, 3.8) is 0 Å². The lowest BCUT2D eigenvalue weighted by atomic mass is 10.2. The van der Waals surface area contributed by atoms with Crippen LogP contribution in [-0.2, 0) is 0 Å². The third-order valence-electron chi connectivity index (χ3n) is 2.26. The number of carbonyl (C=O) groups is 1. The zero-order chi connectivity index (χ0) is 14.0. The number of pyridine rings is 1. The number of nitrogens with one attached hydrogen (secondary N) is 1. The number of hydrogen-bond acceptors (Lipinski definition) is 2. The van der Waals surface area contributed by atoms with E-state index in [9.17, 15) is 9.18 Å². The Hall–Kier alpha value is -1.17. The SMILES string of the molecule is O=C(Nc1cncc(Br)c1Cl)c1ccc(F)cc1Cl. The zero-order valence-electron chi connectivity index (χ0n) is 9.25. The molecule has 0 radical (unpaired) electrons. The van der Waals surface area contributed by atoms with E-state index < -0.39 is 11.7 Å². The number of carbonyl (C=O) groups excluding carboxylic acids is 1. The van der Waals surface area contributed by atoms with Crippen molar-refractivity contribution in [3.8, 4) is 0 Å². The average molecular weight is 364 g/mol. The third-order valence-corrected chi connectivity index (χ3v) is 3.81. The fourth-order valence-corrected chi connectivity index (χ4v) is 2.10. The van der Waals surface area contributed by atoms with Gasteiger partial charge >= 0.3 is 0 Å². The molecule has 2 aromatic rings. The Balaban J connectivity index is 2.28. The molecule has 0 aliphatic rings. The van der Waals surface area contributed by atoms with Crippen LogP contribution >= 0.6 is 39.1 Å². The maximum atomic E-state index is 12.9. The van der Waals surface area contributed by atoms with Crippen molar-refractivity contribution >= 4 is 50.7 Å². The van der Waals surface area contributed by atoms with Gasteiger partial charge in [0.05, 0.1) is 32.0 Å². The monoisotopic (exact) mass is 362 g/mol. The van der Waals surface area contributed by atoms with Crippen molar-refractivity contribution in [2.45, 2.75) is 0 Å². The topological polar surface area (TPSA) is 42.0 Å². The van der Waals surface area contributed by atoms with Gasteiger partial charge in [-0.3, -0.25) is 9.78 Å². The van der Waals surface area contributed by atoms with Crippen molar-refractivity contribution in [1.82, 2.24) is 4.98 Å². The Morgan fingerprint density at radius 2 is 2.05 bits per heavy atom. The molecule has 1 aromatic heterocycles. The number of hydrogen-bond donors (Lipinski definition) is 1. The largest absolute Gasteiger partial charge is 0.319 e. The lowest BCUT2D eigenvalue weighted by Gasteiger charge is -2.08. The molecular formula is C12H6BrCl2FN2O. The van der Waals surface area contributed by atoms with E-state index in [0.29, 0.717) is 15.2 Å². The quantitative estimate of drug-likeness (QED) is 0.850. The summed E-state index contributed by atoms with van der Waals surface area (Å²) in [7, 11) is 0. The summed E-state index contributed by atoms with van der Waals surface area (Å²) in [5.74, 6) is -1.00. The average Bonchev–Trinajstić information content (AvgIpc) is 2.34. The van der Waals surface area contributed by atoms with E-state index in [1.807, 2.05) is 0 Å². The molecule has 0 unspecified atom stereocenters. The number of anilines is 1. The number of halogens is 4. The van der Waals surface area contributed by atoms with Gasteiger partial charge in [0.25, 0.3) is 5.91 Å². The minimum absolute atomic E-state index is 0.0246. The van der Waals surface area contributed by atoms with Crippen LogP contribution in [0.2, 0.25) is 10.0 Å². The molecule has 98 valence electrons. The maximum Gasteiger partial charge on any atom is 0.257 e. The van der Waals surface area contributed by atoms with Gasteiger partial charge in [-0.2, -0.15) is 0 Å². The maximum absolute atomic E-state index is 12.9. The Kier molecular flexibility index (Phi) is 4.39. The molecule has 0 aliphatic heterocycles. The highest BCUT2D eigenvalue weighted by molar-refractivity contribution is 9.10. The summed E-state index contributed by atoms with van der Waals surface area (Å²) < 4.78 is 13.5. The number of rotatable bonds is 2. The lowest BCUT2D eigenvalue weighted by Crippen LogP contribution is -2.13. The van der Waals surface area contributed by atoms with Crippen molar-refractivity contribution in [1.29, 1.82) is 0 Å². The molecular weight excluding hydrogens is 358 g/mol. The van der Waals surface area contributed by atoms with Crippen molar-refractivity contribution < 1.29 is 9.18 Å². The van der Waals surface area contributed by atoms with Gasteiger partial charge in [-0.15, -0.1) is 0 Å². The Morgan fingerprint density at radius 1 is 1.32 bits per heavy atom. The molecule has 1 aromatic carbocycles. The first-order valence-corrected chi connectivity index (χ1v) is 6.59. The Labute approximate surface area is 126 Å². The summed E-state index contributed by atoms with van der Waals surface area (Å²) in [5.41, 5.74) is 0.487. The number of amides is 1. The van der Waals surface area contributed by atoms with Crippen LogP contribution in [-0.4, -0.2) is 10.9 Å². The smallest absolute Gasteiger partial charge is 0.257 e. The Bertz CT molecular complexity index is 652. The highest BCUT2D eigenvalue weighted by Crippen LogP contribution is 2.29. The first kappa shape index (κ1) is 14.2. The van der Waals surface area contributed by atoms with Gasteiger partial charge in [0.1, 0.15) is 5.82 Å². The van der Waals surface area contributed by atoms with Crippen LogP contribution < -0.4 is 5.32 Å². The summed E-state index contributed by atoms with van der Waals surface area (Å²) in [6, 6.07) is 3.52. The van der Waals surface area contributed by atoms with E-state index >= 15 is 0 Å². The molecule has 1 heterocycles. The Morgan fingerprint density at radius 3 is 2.74 bits per heavy atom. The van der Waals surface area contributed by atoms with E-state index in [-0.39, 0.29) is 10.6 Å². The predicted octanol–water partition coefficient (Wildman–Crippen LogP) is 4.54. The van der Waals surface area contributed by atoms with Gasteiger partial charge < -0.3 is 5.32 Å². The molecule has 0 saturated carbocycles. The molecule has 0 fully saturated rings. The fraction of sp³-hybridized carbons (Fsp3) is 0. The van der Waals surface area contributed by atoms with Crippen molar-refractivity contribution in [3.05, 3.63) is 56.5 Å². The summed E-state index contributed by atoms with van der Waals surface area (Å²) in [5, 5.41) is 2.90. The van der Waals surface area contributed by atoms with E-state index in [0.717, 1.165) is 12.1 Å². The molecule has 0 atom stereocenters. The number of benzene rings is 1. The van der Waals surface area contributed by atoms with E-state index in [1.165, 1.54) is 18.5 Å². The van der Waals surface area contributed by atoms with E-state index in [4.69, 9.17) is 23.2 Å². The first-order valence-electron chi connectivity index (χ1n) is 5.04. The van der Waals surface area contributed by atoms with Crippen molar-refractivity contribution in [2.75, 3.05) is 5.32 Å². The second-order valence-corrected chi connectivity index (χ2v) is 5.20. The minimum atomic E-state index is -0.510. The summed E-state index contributed by atoms with van der Waals surface area (Å²) in [6.45, 7) is 0. The van der Waals surface area contributed by atoms with Crippen molar-refractivity contribution in [2.24, 2.45) is 0 Å². The summed E-state index contributed by atoms with van der Waals surface area (Å²) in [6.07, 6.45) is 2.91. The predicted molar refractivity (Wildman–Crippen MR) is 76.3 cm³/mol. The first-order chi connectivity index (χ1) is 8.99. The number of nitrogens with zero attached hydrogens (tertiary/aromatic N) is 1. The standard InChI is InChI=1S/C12H6BrCl2FN2O/c13-8-4-17-5-10(11(8)15)18-12(19)7-2-1-6(16)3-9(7)14/h1-5H,(H,18,19). The highest BCUT2D eigenvalue weighted by Gasteiger charge is 2.14. The fourth-order valence-electron chi connectivity index (χ4n) is 1.37. The van der Waals surface area contributed by atoms with E-state index in [2.05, 4.69) is 26.2 Å². The molecule has 0 aliphatic carbocycles. The zero-order valence-corrected chi connectivity index (χ0v) is 12.4. The van der Waals surface area contributed by atoms with Crippen LogP contribution in [0.1, 0.15) is 10.4 Å². The molecule has 1 amide bonds. The van der Waals surface area contributed by atoms with Gasteiger partial charge in [0, 0.05) is 6.20 Å². The van der Waals surface area contributed by atoms with Gasteiger partial charge in [-0.25, -0.2) is 4.39 Å². The van der Waals surface area contributed by atoms with Gasteiger partial charge in [-0.1, -0.05) is 23.2 Å². The summed E-state index contributed by atoms with van der Waals surface area (Å²) in [4.78, 5) is 15.9. The number of aromatic nitrogens is 1. The second-order valence-electron chi connectivity index (χ2n) is 3.56. The van der Waals surface area contributed by atoms with Crippen LogP contribution in [0.25, 0.3) is 0 Å². The molecule has 2 rings (SSSR count). The molecule has 0 saturated heterocycles. The van der Waals surface area contributed by atoms with Crippen LogP contribution in [0, 0.1) is 5.82 Å². The molecule has 3 nitrogen and oxygen atoms in total. The van der Waals surface area contributed by atoms with Gasteiger partial charge in [0.15, 0.2) is 0 Å². The molecule has 19 heavy (non-hydrogen) atoms. The normalized spacial score (nSPS) is 10.3. The van der Waals surface area contributed by atoms with Crippen LogP contribution in [0.15, 0.2) is 35.1 Å². The van der Waals surface area contributed by atoms with Crippen LogP contribution in [0.3, 0.4) is 0 Å². The van der Waals surface area contributed by atoms with Gasteiger partial charge in [0.2, 0.25) is 0 Å². The third kappa shape index (κ3) is 3.23.